The molecule has 4 aliphatic rings. The number of nitrogens with two attached hydrogens (primary N) is 1. The molecular weight excluding hydrogens is 511 g/mol. The highest BCUT2D eigenvalue weighted by Gasteiger charge is 2.47. The number of morpholine rings is 1. The summed E-state index contributed by atoms with van der Waals surface area (Å²) in [6.07, 6.45) is 3.66. The van der Waals surface area contributed by atoms with Crippen LogP contribution in [0.3, 0.4) is 0 Å². The van der Waals surface area contributed by atoms with E-state index < -0.39 is 17.6 Å². The molecule has 0 spiro atoms. The van der Waals surface area contributed by atoms with E-state index in [4.69, 9.17) is 15.6 Å². The predicted octanol–water partition coefficient (Wildman–Crippen LogP) is 3.68. The van der Waals surface area contributed by atoms with Crippen molar-refractivity contribution in [1.29, 1.82) is 0 Å². The number of ether oxygens (including phenoxy) is 1. The lowest BCUT2D eigenvalue weighted by atomic mass is 9.89. The molecular formula is C27H27F3N7O2+. The number of rotatable bonds is 4. The number of alkyl halides is 3. The molecule has 0 saturated carbocycles. The molecule has 3 atom stereocenters. The number of benzene rings is 1. The van der Waals surface area contributed by atoms with Gasteiger partial charge in [0.1, 0.15) is 17.7 Å². The number of piperidine rings is 1. The summed E-state index contributed by atoms with van der Waals surface area (Å²) in [6.45, 7) is 3.27. The standard InChI is InChI=1S/C27H26F3N7O2/c28-27(29,30)20-7-8-33-23(13-20)34-26(38)18-3-1-17(2-4-18)25-35-24(22-14-32-9-11-37(22,25)31)19-5-6-21-16-39-12-10-36(21)15-19/h1-4,7-9,11,13-14,19,21H,5-6,10,12,15-16,31H2/p+1/t19-,21+,37?/m1/s1. The van der Waals surface area contributed by atoms with Crippen LogP contribution < -0.4 is 11.2 Å². The molecule has 0 aliphatic carbocycles. The van der Waals surface area contributed by atoms with E-state index in [-0.39, 0.29) is 21.9 Å². The Kier molecular flexibility index (Phi) is 6.42. The van der Waals surface area contributed by atoms with E-state index >= 15 is 0 Å². The lowest BCUT2D eigenvalue weighted by molar-refractivity contribution is -0.750. The minimum atomic E-state index is -4.53. The maximum Gasteiger partial charge on any atom is 0.416 e. The number of amidine groups is 1. The molecule has 1 amide bonds. The van der Waals surface area contributed by atoms with Crippen LogP contribution in [0, 0.1) is 5.92 Å². The minimum Gasteiger partial charge on any atom is -0.378 e. The Hall–Kier alpha value is -3.71. The van der Waals surface area contributed by atoms with Crippen molar-refractivity contribution in [2.75, 3.05) is 31.6 Å². The number of halogens is 3. The van der Waals surface area contributed by atoms with E-state index in [0.29, 0.717) is 11.9 Å². The van der Waals surface area contributed by atoms with Crippen molar-refractivity contribution in [3.63, 3.8) is 0 Å². The van der Waals surface area contributed by atoms with Gasteiger partial charge in [-0.05, 0) is 49.2 Å². The van der Waals surface area contributed by atoms with Gasteiger partial charge >= 0.3 is 6.18 Å². The molecule has 2 fully saturated rings. The number of fused-ring (bicyclic) bond motifs is 2. The third-order valence-corrected chi connectivity index (χ3v) is 7.60. The van der Waals surface area contributed by atoms with Crippen LogP contribution in [-0.4, -0.2) is 64.8 Å². The highest BCUT2D eigenvalue weighted by molar-refractivity contribution is 6.05. The number of amides is 1. The molecule has 4 aliphatic heterocycles. The number of aromatic nitrogens is 1. The van der Waals surface area contributed by atoms with Crippen LogP contribution >= 0.6 is 0 Å². The van der Waals surface area contributed by atoms with Gasteiger partial charge in [-0.3, -0.25) is 14.7 Å². The fourth-order valence-electron chi connectivity index (χ4n) is 5.53. The SMILES string of the molecule is N[N+]12C=CN=CC1=C([C@@H]1CC[C@H]3COCCN3C1)N=C2c1ccc(C(=O)Nc2cc(C(F)(F)F)ccn2)cc1. The zero-order valence-corrected chi connectivity index (χ0v) is 20.9. The van der Waals surface area contributed by atoms with Crippen LogP contribution in [0.15, 0.2) is 76.4 Å². The predicted molar refractivity (Wildman–Crippen MR) is 138 cm³/mol. The first-order valence-electron chi connectivity index (χ1n) is 12.7. The average molecular weight is 539 g/mol. The molecule has 202 valence electrons. The van der Waals surface area contributed by atoms with Gasteiger partial charge < -0.3 is 10.1 Å². The van der Waals surface area contributed by atoms with Crippen molar-refractivity contribution in [2.24, 2.45) is 21.7 Å². The van der Waals surface area contributed by atoms with E-state index in [2.05, 4.69) is 20.2 Å². The highest BCUT2D eigenvalue weighted by atomic mass is 19.4. The van der Waals surface area contributed by atoms with Crippen molar-refractivity contribution >= 4 is 23.8 Å². The van der Waals surface area contributed by atoms with Gasteiger partial charge in [0.15, 0.2) is 0 Å². The molecule has 0 radical (unpaired) electrons. The van der Waals surface area contributed by atoms with Crippen molar-refractivity contribution in [3.8, 4) is 0 Å². The molecule has 1 aromatic carbocycles. The Morgan fingerprint density at radius 2 is 2.00 bits per heavy atom. The molecule has 1 unspecified atom stereocenters. The smallest absolute Gasteiger partial charge is 0.378 e. The molecule has 6 rings (SSSR count). The van der Waals surface area contributed by atoms with E-state index in [1.54, 1.807) is 42.9 Å². The Morgan fingerprint density at radius 3 is 2.79 bits per heavy atom. The molecule has 1 aromatic heterocycles. The summed E-state index contributed by atoms with van der Waals surface area (Å²) < 4.78 is 44.5. The second-order valence-electron chi connectivity index (χ2n) is 10.0. The summed E-state index contributed by atoms with van der Waals surface area (Å²) in [4.78, 5) is 28.4. The highest BCUT2D eigenvalue weighted by Crippen LogP contribution is 2.39. The van der Waals surface area contributed by atoms with Gasteiger partial charge in [0.05, 0.1) is 36.8 Å². The number of anilines is 1. The van der Waals surface area contributed by atoms with E-state index in [1.807, 2.05) is 0 Å². The number of aliphatic imine (C=N–C) groups is 2. The summed E-state index contributed by atoms with van der Waals surface area (Å²) in [7, 11) is 0. The van der Waals surface area contributed by atoms with Gasteiger partial charge in [0.25, 0.3) is 11.7 Å². The summed E-state index contributed by atoms with van der Waals surface area (Å²) in [5.41, 5.74) is 1.83. The lowest BCUT2D eigenvalue weighted by Crippen LogP contribution is -2.53. The van der Waals surface area contributed by atoms with Gasteiger partial charge in [-0.25, -0.2) is 4.98 Å². The van der Waals surface area contributed by atoms with Crippen molar-refractivity contribution in [2.45, 2.75) is 25.1 Å². The summed E-state index contributed by atoms with van der Waals surface area (Å²) in [5.74, 6) is 6.93. The van der Waals surface area contributed by atoms with Gasteiger partial charge in [0, 0.05) is 36.8 Å². The van der Waals surface area contributed by atoms with Gasteiger partial charge in [0.2, 0.25) is 5.70 Å². The zero-order chi connectivity index (χ0) is 27.2. The van der Waals surface area contributed by atoms with E-state index in [9.17, 15) is 18.0 Å². The van der Waals surface area contributed by atoms with Crippen LogP contribution in [0.25, 0.3) is 0 Å². The van der Waals surface area contributed by atoms with Gasteiger partial charge in [-0.15, -0.1) is 4.59 Å². The normalized spacial score (nSPS) is 26.7. The monoisotopic (exact) mass is 538 g/mol. The quantitative estimate of drug-likeness (QED) is 0.457. The number of allylic oxidation sites excluding steroid dienone is 1. The first kappa shape index (κ1) is 25.6. The van der Waals surface area contributed by atoms with Gasteiger partial charge in [-0.2, -0.15) is 24.0 Å². The number of nitrogens with one attached hydrogen (secondary N) is 1. The first-order chi connectivity index (χ1) is 18.7. The molecule has 9 nitrogen and oxygen atoms in total. The summed E-state index contributed by atoms with van der Waals surface area (Å²) >= 11 is 0. The lowest BCUT2D eigenvalue weighted by Gasteiger charge is -2.42. The number of carbonyl (C=O) groups excluding carboxylic acids is 1. The van der Waals surface area contributed by atoms with Crippen LogP contribution in [0.2, 0.25) is 0 Å². The Balaban J connectivity index is 1.23. The van der Waals surface area contributed by atoms with Crippen LogP contribution in [0.5, 0.6) is 0 Å². The number of pyridine rings is 1. The Bertz CT molecular complexity index is 1420. The molecule has 2 saturated heterocycles. The third kappa shape index (κ3) is 4.80. The minimum absolute atomic E-state index is 0.123. The van der Waals surface area contributed by atoms with Crippen molar-refractivity contribution in [3.05, 3.63) is 83.1 Å². The van der Waals surface area contributed by atoms with E-state index in [0.717, 1.165) is 74.4 Å². The topological polar surface area (TPSA) is 105 Å². The zero-order valence-electron chi connectivity index (χ0n) is 20.9. The first-order valence-corrected chi connectivity index (χ1v) is 12.7. The Labute approximate surface area is 222 Å². The number of nitrogens with zero attached hydrogens (tertiary/aromatic N) is 5. The molecule has 0 bridgehead atoms. The number of hydrogen-bond acceptors (Lipinski definition) is 7. The molecule has 5 heterocycles. The largest absolute Gasteiger partial charge is 0.416 e. The summed E-state index contributed by atoms with van der Waals surface area (Å²) in [6, 6.07) is 8.73. The fraction of sp³-hybridized carbons (Fsp3) is 0.333. The maximum atomic E-state index is 13.0. The van der Waals surface area contributed by atoms with Crippen LogP contribution in [0.4, 0.5) is 19.0 Å². The van der Waals surface area contributed by atoms with Crippen LogP contribution in [-0.2, 0) is 10.9 Å². The second kappa shape index (κ2) is 9.79. The second-order valence-corrected chi connectivity index (χ2v) is 10.0. The van der Waals surface area contributed by atoms with Gasteiger partial charge in [-0.1, -0.05) is 0 Å². The molecule has 12 heteroatoms. The van der Waals surface area contributed by atoms with Crippen LogP contribution in [0.1, 0.15) is 34.3 Å². The van der Waals surface area contributed by atoms with Crippen molar-refractivity contribution in [1.82, 2.24) is 9.88 Å². The number of hydrogen-bond donors (Lipinski definition) is 2. The Morgan fingerprint density at radius 1 is 1.18 bits per heavy atom. The maximum absolute atomic E-state index is 13.0. The number of carbonyl (C=O) groups is 1. The molecule has 2 aromatic rings. The molecule has 39 heavy (non-hydrogen) atoms. The third-order valence-electron chi connectivity index (χ3n) is 7.60. The average Bonchev–Trinajstić information content (AvgIpc) is 3.25. The fourth-order valence-corrected chi connectivity index (χ4v) is 5.53. The molecule has 3 N–H and O–H groups in total. The summed E-state index contributed by atoms with van der Waals surface area (Å²) in [5, 5.41) is 2.43. The van der Waals surface area contributed by atoms with E-state index in [1.165, 1.54) is 0 Å². The number of quaternary nitrogens is 1. The van der Waals surface area contributed by atoms with Crippen molar-refractivity contribution < 1.29 is 27.3 Å².